The van der Waals surface area contributed by atoms with Gasteiger partial charge in [0.1, 0.15) is 5.56 Å². The van der Waals surface area contributed by atoms with E-state index in [1.54, 1.807) is 13.0 Å². The van der Waals surface area contributed by atoms with Crippen molar-refractivity contribution in [2.75, 3.05) is 12.9 Å². The third-order valence-corrected chi connectivity index (χ3v) is 6.75. The Bertz CT molecular complexity index is 1290. The Hall–Kier alpha value is -3.26. The molecule has 0 aliphatic heterocycles. The molecule has 33 heavy (non-hydrogen) atoms. The van der Waals surface area contributed by atoms with Crippen LogP contribution in [-0.2, 0) is 27.4 Å². The van der Waals surface area contributed by atoms with Crippen molar-refractivity contribution >= 4 is 21.6 Å². The smallest absolute Gasteiger partial charge is 0.361 e. The average molecular weight is 468 g/mol. The van der Waals surface area contributed by atoms with Gasteiger partial charge < -0.3 is 9.26 Å². The quantitative estimate of drug-likeness (QED) is 0.344. The number of aromatic nitrogens is 1. The van der Waals surface area contributed by atoms with E-state index in [4.69, 9.17) is 9.26 Å². The fourth-order valence-corrected chi connectivity index (χ4v) is 4.44. The zero-order valence-corrected chi connectivity index (χ0v) is 19.4. The molecule has 2 aromatic carbocycles. The van der Waals surface area contributed by atoms with Gasteiger partial charge in [0.15, 0.2) is 21.4 Å². The number of carbonyl (C=O) groups excluding carboxylic acids is 2. The third-order valence-electron chi connectivity index (χ3n) is 5.64. The van der Waals surface area contributed by atoms with Crippen molar-refractivity contribution < 1.29 is 27.3 Å². The minimum absolute atomic E-state index is 0.0442. The van der Waals surface area contributed by atoms with Gasteiger partial charge in [0.25, 0.3) is 0 Å². The molecule has 1 aliphatic rings. The van der Waals surface area contributed by atoms with Crippen molar-refractivity contribution in [2.24, 2.45) is 0 Å². The van der Waals surface area contributed by atoms with Crippen LogP contribution in [0.4, 0.5) is 0 Å². The first-order chi connectivity index (χ1) is 15.8. The summed E-state index contributed by atoms with van der Waals surface area (Å²) in [6, 6.07) is 14.2. The number of ketones is 1. The Kier molecular flexibility index (Phi) is 6.47. The van der Waals surface area contributed by atoms with E-state index in [0.717, 1.165) is 24.7 Å². The predicted octanol–water partition coefficient (Wildman–Crippen LogP) is 4.15. The number of carbonyl (C=O) groups is 2. The van der Waals surface area contributed by atoms with Gasteiger partial charge in [-0.1, -0.05) is 35.5 Å². The molecule has 3 aromatic rings. The average Bonchev–Trinajstić information content (AvgIpc) is 3.55. The van der Waals surface area contributed by atoms with E-state index < -0.39 is 21.6 Å². The molecule has 0 radical (unpaired) electrons. The number of aryl methyl sites for hydroxylation is 2. The summed E-state index contributed by atoms with van der Waals surface area (Å²) in [4.78, 5) is 26.3. The van der Waals surface area contributed by atoms with Gasteiger partial charge in [0, 0.05) is 17.7 Å². The van der Waals surface area contributed by atoms with E-state index >= 15 is 0 Å². The fourth-order valence-electron chi connectivity index (χ4n) is 3.77. The summed E-state index contributed by atoms with van der Waals surface area (Å²) in [7, 11) is -3.46. The zero-order valence-electron chi connectivity index (χ0n) is 18.5. The molecule has 0 N–H and O–H groups in total. The number of sulfone groups is 1. The van der Waals surface area contributed by atoms with Gasteiger partial charge in [-0.05, 0) is 61.9 Å². The van der Waals surface area contributed by atoms with Crippen LogP contribution in [0.25, 0.3) is 0 Å². The lowest BCUT2D eigenvalue weighted by atomic mass is 9.93. The summed E-state index contributed by atoms with van der Waals surface area (Å²) >= 11 is 0. The van der Waals surface area contributed by atoms with Crippen molar-refractivity contribution in [1.29, 1.82) is 0 Å². The molecule has 4 rings (SSSR count). The Labute approximate surface area is 192 Å². The number of hydrogen-bond donors (Lipinski definition) is 0. The molecule has 1 saturated carbocycles. The number of nitrogens with zero attached hydrogens (tertiary/aromatic N) is 1. The molecular weight excluding hydrogens is 442 g/mol. The Balaban J connectivity index is 1.77. The Morgan fingerprint density at radius 2 is 1.82 bits per heavy atom. The van der Waals surface area contributed by atoms with Crippen LogP contribution in [0.5, 0.6) is 0 Å². The summed E-state index contributed by atoms with van der Waals surface area (Å²) < 4.78 is 34.8. The van der Waals surface area contributed by atoms with Crippen LogP contribution < -0.4 is 0 Å². The van der Waals surface area contributed by atoms with Gasteiger partial charge in [-0.2, -0.15) is 0 Å². The second kappa shape index (κ2) is 9.31. The maximum absolute atomic E-state index is 13.7. The van der Waals surface area contributed by atoms with Crippen molar-refractivity contribution in [2.45, 2.75) is 43.4 Å². The van der Waals surface area contributed by atoms with E-state index in [-0.39, 0.29) is 28.7 Å². The van der Waals surface area contributed by atoms with Crippen molar-refractivity contribution in [3.8, 4) is 0 Å². The summed E-state index contributed by atoms with van der Waals surface area (Å²) in [5.74, 6) is -0.689. The molecule has 0 atom stereocenters. The summed E-state index contributed by atoms with van der Waals surface area (Å²) in [5, 5.41) is 3.86. The number of benzene rings is 2. The first-order valence-electron chi connectivity index (χ1n) is 10.9. The second-order valence-corrected chi connectivity index (χ2v) is 10.2. The van der Waals surface area contributed by atoms with Crippen LogP contribution in [0.2, 0.25) is 0 Å². The molecule has 0 saturated heterocycles. The molecule has 1 aromatic heterocycles. The van der Waals surface area contributed by atoms with Gasteiger partial charge in [-0.3, -0.25) is 4.79 Å². The molecule has 1 aliphatic carbocycles. The molecule has 0 spiro atoms. The largest absolute Gasteiger partial charge is 0.461 e. The molecule has 1 heterocycles. The number of esters is 1. The fraction of sp³-hybridized carbons (Fsp3) is 0.320. The molecule has 7 nitrogen and oxygen atoms in total. The number of hydrogen-bond acceptors (Lipinski definition) is 7. The topological polar surface area (TPSA) is 104 Å². The lowest BCUT2D eigenvalue weighted by Gasteiger charge is -2.12. The van der Waals surface area contributed by atoms with Crippen LogP contribution >= 0.6 is 0 Å². The monoisotopic (exact) mass is 467 g/mol. The summed E-state index contributed by atoms with van der Waals surface area (Å²) in [6.07, 6.45) is 3.91. The first-order valence-corrected chi connectivity index (χ1v) is 12.8. The highest BCUT2D eigenvalue weighted by atomic mass is 32.2. The van der Waals surface area contributed by atoms with Gasteiger partial charge in [-0.15, -0.1) is 0 Å². The van der Waals surface area contributed by atoms with Crippen LogP contribution in [0.1, 0.15) is 69.0 Å². The standard InChI is InChI=1S/C25H25NO6S/c1-3-31-25(28)22-21(24(32-26-22)17-11-12-17)23(27)20-14-13-19(33(2,29)30)15-18(20)10-9-16-7-5-4-6-8-16/h4-8,13-15,17H,3,9-12H2,1-2H3. The minimum atomic E-state index is -3.46. The van der Waals surface area contributed by atoms with Gasteiger partial charge in [-0.25, -0.2) is 13.2 Å². The maximum Gasteiger partial charge on any atom is 0.361 e. The Morgan fingerprint density at radius 3 is 2.45 bits per heavy atom. The highest BCUT2D eigenvalue weighted by Crippen LogP contribution is 2.43. The van der Waals surface area contributed by atoms with Gasteiger partial charge >= 0.3 is 5.97 Å². The highest BCUT2D eigenvalue weighted by molar-refractivity contribution is 7.90. The molecular formula is C25H25NO6S. The number of rotatable bonds is 9. The van der Waals surface area contributed by atoms with Gasteiger partial charge in [0.2, 0.25) is 5.69 Å². The van der Waals surface area contributed by atoms with E-state index in [9.17, 15) is 18.0 Å². The van der Waals surface area contributed by atoms with Crippen LogP contribution in [0, 0.1) is 0 Å². The lowest BCUT2D eigenvalue weighted by molar-refractivity contribution is 0.0512. The van der Waals surface area contributed by atoms with E-state index in [2.05, 4.69) is 5.16 Å². The van der Waals surface area contributed by atoms with E-state index in [1.807, 2.05) is 30.3 Å². The highest BCUT2D eigenvalue weighted by Gasteiger charge is 2.38. The zero-order chi connectivity index (χ0) is 23.6. The summed E-state index contributed by atoms with van der Waals surface area (Å²) in [5.41, 5.74) is 1.96. The van der Waals surface area contributed by atoms with E-state index in [0.29, 0.717) is 29.7 Å². The third kappa shape index (κ3) is 5.06. The minimum Gasteiger partial charge on any atom is -0.461 e. The molecule has 0 unspecified atom stereocenters. The van der Waals surface area contributed by atoms with Crippen LogP contribution in [0.15, 0.2) is 57.9 Å². The van der Waals surface area contributed by atoms with Crippen molar-refractivity contribution in [3.63, 3.8) is 0 Å². The van der Waals surface area contributed by atoms with Crippen LogP contribution in [0.3, 0.4) is 0 Å². The van der Waals surface area contributed by atoms with Crippen LogP contribution in [-0.4, -0.2) is 38.2 Å². The lowest BCUT2D eigenvalue weighted by Crippen LogP contribution is -2.15. The van der Waals surface area contributed by atoms with Crippen molar-refractivity contribution in [3.05, 3.63) is 82.2 Å². The molecule has 0 bridgehead atoms. The molecule has 0 amide bonds. The predicted molar refractivity (Wildman–Crippen MR) is 121 cm³/mol. The molecule has 8 heteroatoms. The van der Waals surface area contributed by atoms with Crippen molar-refractivity contribution in [1.82, 2.24) is 5.16 Å². The normalized spacial score (nSPS) is 13.6. The SMILES string of the molecule is CCOC(=O)c1noc(C2CC2)c1C(=O)c1ccc(S(C)(=O)=O)cc1CCc1ccccc1. The Morgan fingerprint density at radius 1 is 1.09 bits per heavy atom. The molecule has 1 fully saturated rings. The number of ether oxygens (including phenoxy) is 1. The maximum atomic E-state index is 13.7. The van der Waals surface area contributed by atoms with Gasteiger partial charge in [0.05, 0.1) is 11.5 Å². The first kappa shape index (κ1) is 22.9. The summed E-state index contributed by atoms with van der Waals surface area (Å²) in [6.45, 7) is 1.82. The molecule has 172 valence electrons. The second-order valence-electron chi connectivity index (χ2n) is 8.17. The van der Waals surface area contributed by atoms with E-state index in [1.165, 1.54) is 12.1 Å².